The summed E-state index contributed by atoms with van der Waals surface area (Å²) in [6.45, 7) is 3.65. The molecule has 0 spiro atoms. The van der Waals surface area contributed by atoms with Crippen LogP contribution in [0.3, 0.4) is 0 Å². The van der Waals surface area contributed by atoms with Crippen LogP contribution in [0.1, 0.15) is 13.8 Å². The highest BCUT2D eigenvalue weighted by atomic mass is 79.9. The molecule has 0 saturated heterocycles. The molecule has 0 atom stereocenters. The molecule has 0 aliphatic rings. The molecule has 0 aromatic heterocycles. The Morgan fingerprint density at radius 1 is 1.07 bits per heavy atom. The van der Waals surface area contributed by atoms with Crippen LogP contribution < -0.4 is 0 Å². The molecule has 0 aliphatic carbocycles. The Labute approximate surface area is 105 Å². The zero-order valence-electron chi connectivity index (χ0n) is 8.42. The predicted octanol–water partition coefficient (Wildman–Crippen LogP) is 1.42. The van der Waals surface area contributed by atoms with Crippen LogP contribution in [0.15, 0.2) is 0 Å². The van der Waals surface area contributed by atoms with Gasteiger partial charge in [-0.15, -0.1) is 0 Å². The van der Waals surface area contributed by atoms with E-state index in [0.717, 1.165) is 0 Å². The van der Waals surface area contributed by atoms with Gasteiger partial charge in [0.15, 0.2) is 0 Å². The molecule has 7 heteroatoms. The van der Waals surface area contributed by atoms with E-state index >= 15 is 0 Å². The molecule has 0 rings (SSSR count). The summed E-state index contributed by atoms with van der Waals surface area (Å²) in [7, 11) is 0. The van der Waals surface area contributed by atoms with Gasteiger partial charge in [0.2, 0.25) is 0 Å². The molecular formula is C8H12Br2O5. The standard InChI is InChI=1S/C4H4Br2O3.C4H8O2/c5-1-3(7)9-4(8)2-6;1-3-6-4(2)5/h1-2H2;3H2,1-2H3. The topological polar surface area (TPSA) is 69.7 Å². The van der Waals surface area contributed by atoms with Crippen LogP contribution in [-0.4, -0.2) is 35.2 Å². The number of ether oxygens (including phenoxy) is 2. The van der Waals surface area contributed by atoms with Gasteiger partial charge in [0.1, 0.15) is 10.7 Å². The maximum absolute atomic E-state index is 10.3. The fourth-order valence-corrected chi connectivity index (χ4v) is 0.614. The maximum Gasteiger partial charge on any atom is 0.324 e. The second kappa shape index (κ2) is 11.6. The second-order valence-electron chi connectivity index (χ2n) is 2.04. The van der Waals surface area contributed by atoms with E-state index in [1.165, 1.54) is 6.92 Å². The van der Waals surface area contributed by atoms with Gasteiger partial charge in [-0.1, -0.05) is 31.9 Å². The molecule has 0 aromatic carbocycles. The molecule has 0 heterocycles. The second-order valence-corrected chi connectivity index (χ2v) is 3.16. The first-order valence-electron chi connectivity index (χ1n) is 3.96. The van der Waals surface area contributed by atoms with E-state index in [0.29, 0.717) is 6.61 Å². The average Bonchev–Trinajstić information content (AvgIpc) is 2.18. The fraction of sp³-hybridized carbons (Fsp3) is 0.625. The largest absolute Gasteiger partial charge is 0.466 e. The summed E-state index contributed by atoms with van der Waals surface area (Å²) >= 11 is 5.66. The number of hydrogen-bond acceptors (Lipinski definition) is 5. The third-order valence-corrected chi connectivity index (χ3v) is 1.71. The van der Waals surface area contributed by atoms with Crippen molar-refractivity contribution in [3.05, 3.63) is 0 Å². The molecule has 88 valence electrons. The number of esters is 3. The third kappa shape index (κ3) is 16.3. The van der Waals surface area contributed by atoms with E-state index in [4.69, 9.17) is 0 Å². The molecule has 0 fully saturated rings. The summed E-state index contributed by atoms with van der Waals surface area (Å²) in [4.78, 5) is 30.4. The summed E-state index contributed by atoms with van der Waals surface area (Å²) in [5, 5.41) is 0.0947. The number of alkyl halides is 2. The van der Waals surface area contributed by atoms with Crippen molar-refractivity contribution in [2.45, 2.75) is 13.8 Å². The zero-order chi connectivity index (χ0) is 12.3. The minimum atomic E-state index is -0.570. The van der Waals surface area contributed by atoms with Crippen LogP contribution >= 0.6 is 31.9 Å². The molecule has 0 radical (unpaired) electrons. The molecule has 0 unspecified atom stereocenters. The van der Waals surface area contributed by atoms with Crippen molar-refractivity contribution in [3.8, 4) is 0 Å². The van der Waals surface area contributed by atoms with Crippen LogP contribution in [0.5, 0.6) is 0 Å². The molecule has 0 N–H and O–H groups in total. The monoisotopic (exact) mass is 346 g/mol. The minimum Gasteiger partial charge on any atom is -0.466 e. The lowest BCUT2D eigenvalue weighted by Crippen LogP contribution is -2.13. The predicted molar refractivity (Wildman–Crippen MR) is 61.0 cm³/mol. The van der Waals surface area contributed by atoms with Crippen molar-refractivity contribution in [2.75, 3.05) is 17.3 Å². The van der Waals surface area contributed by atoms with Gasteiger partial charge in [0.25, 0.3) is 0 Å². The number of rotatable bonds is 3. The van der Waals surface area contributed by atoms with E-state index in [9.17, 15) is 14.4 Å². The van der Waals surface area contributed by atoms with E-state index < -0.39 is 11.9 Å². The van der Waals surface area contributed by atoms with Gasteiger partial charge >= 0.3 is 17.9 Å². The summed E-state index contributed by atoms with van der Waals surface area (Å²) in [6, 6.07) is 0. The first-order chi connectivity index (χ1) is 6.97. The molecule has 15 heavy (non-hydrogen) atoms. The lowest BCUT2D eigenvalue weighted by molar-refractivity contribution is -0.155. The Morgan fingerprint density at radius 3 is 1.60 bits per heavy atom. The van der Waals surface area contributed by atoms with Crippen molar-refractivity contribution in [1.82, 2.24) is 0 Å². The summed E-state index contributed by atoms with van der Waals surface area (Å²) in [5.74, 6) is -1.35. The van der Waals surface area contributed by atoms with E-state index in [1.54, 1.807) is 6.92 Å². The van der Waals surface area contributed by atoms with Gasteiger partial charge in [-0.25, -0.2) is 0 Å². The lowest BCUT2D eigenvalue weighted by Gasteiger charge is -1.93. The van der Waals surface area contributed by atoms with E-state index in [1.807, 2.05) is 0 Å². The fourth-order valence-electron chi connectivity index (χ4n) is 0.385. The Balaban J connectivity index is 0. The average molecular weight is 348 g/mol. The highest BCUT2D eigenvalue weighted by Gasteiger charge is 2.05. The van der Waals surface area contributed by atoms with Crippen molar-refractivity contribution < 1.29 is 23.9 Å². The number of halogens is 2. The molecule has 0 aromatic rings. The molecule has 0 amide bonds. The van der Waals surface area contributed by atoms with E-state index in [2.05, 4.69) is 41.3 Å². The lowest BCUT2D eigenvalue weighted by atomic mass is 10.7. The van der Waals surface area contributed by atoms with Gasteiger partial charge < -0.3 is 9.47 Å². The quantitative estimate of drug-likeness (QED) is 0.438. The SMILES string of the molecule is CCOC(C)=O.O=C(CBr)OC(=O)CBr. The molecule has 0 saturated carbocycles. The van der Waals surface area contributed by atoms with Gasteiger partial charge in [0, 0.05) is 6.92 Å². The van der Waals surface area contributed by atoms with Crippen molar-refractivity contribution in [1.29, 1.82) is 0 Å². The normalized spacial score (nSPS) is 8.27. The summed E-state index contributed by atoms with van der Waals surface area (Å²) < 4.78 is 8.58. The Morgan fingerprint density at radius 2 is 1.47 bits per heavy atom. The highest BCUT2D eigenvalue weighted by Crippen LogP contribution is 1.89. The number of carbonyl (C=O) groups excluding carboxylic acids is 3. The molecule has 0 bridgehead atoms. The first kappa shape index (κ1) is 17.0. The van der Waals surface area contributed by atoms with Gasteiger partial charge in [-0.3, -0.25) is 14.4 Å². The number of carbonyl (C=O) groups is 3. The van der Waals surface area contributed by atoms with Crippen LogP contribution in [0.2, 0.25) is 0 Å². The van der Waals surface area contributed by atoms with Crippen LogP contribution in [-0.2, 0) is 23.9 Å². The smallest absolute Gasteiger partial charge is 0.324 e. The van der Waals surface area contributed by atoms with Gasteiger partial charge in [-0.05, 0) is 6.92 Å². The number of hydrogen-bond donors (Lipinski definition) is 0. The van der Waals surface area contributed by atoms with Gasteiger partial charge in [0.05, 0.1) is 6.61 Å². The van der Waals surface area contributed by atoms with Gasteiger partial charge in [-0.2, -0.15) is 0 Å². The van der Waals surface area contributed by atoms with Crippen molar-refractivity contribution >= 4 is 49.8 Å². The van der Waals surface area contributed by atoms with Crippen LogP contribution in [0, 0.1) is 0 Å². The molecule has 5 nitrogen and oxygen atoms in total. The zero-order valence-corrected chi connectivity index (χ0v) is 11.6. The maximum atomic E-state index is 10.3. The third-order valence-electron chi connectivity index (χ3n) is 0.793. The molecular weight excluding hydrogens is 336 g/mol. The summed E-state index contributed by atoms with van der Waals surface area (Å²) in [5.41, 5.74) is 0. The Bertz CT molecular complexity index is 203. The van der Waals surface area contributed by atoms with Crippen LogP contribution in [0.4, 0.5) is 0 Å². The van der Waals surface area contributed by atoms with Crippen molar-refractivity contribution in [2.24, 2.45) is 0 Å². The Hall–Kier alpha value is -0.430. The van der Waals surface area contributed by atoms with E-state index in [-0.39, 0.29) is 16.6 Å². The molecule has 0 aliphatic heterocycles. The highest BCUT2D eigenvalue weighted by molar-refractivity contribution is 9.09. The van der Waals surface area contributed by atoms with Crippen molar-refractivity contribution in [3.63, 3.8) is 0 Å². The minimum absolute atomic E-state index is 0.0474. The summed E-state index contributed by atoms with van der Waals surface area (Å²) in [6.07, 6.45) is 0. The first-order valence-corrected chi connectivity index (χ1v) is 6.21. The van der Waals surface area contributed by atoms with Crippen LogP contribution in [0.25, 0.3) is 0 Å². The Kier molecular flexibility index (Phi) is 13.2.